The van der Waals surface area contributed by atoms with Gasteiger partial charge < -0.3 is 4.74 Å². The zero-order chi connectivity index (χ0) is 13.7. The predicted molar refractivity (Wildman–Crippen MR) is 77.0 cm³/mol. The number of hydrogen-bond acceptors (Lipinski definition) is 3. The van der Waals surface area contributed by atoms with Crippen molar-refractivity contribution in [3.63, 3.8) is 0 Å². The molecule has 1 saturated heterocycles. The summed E-state index contributed by atoms with van der Waals surface area (Å²) in [6.45, 7) is 3.38. The average molecular weight is 302 g/mol. The third-order valence-corrected chi connectivity index (χ3v) is 3.79. The number of halogens is 2. The standard InChI is InChI=1S/C14H17Cl2NO2/c15-11-4-5-12(13(16)10-11)14(18)19-9-8-17-6-2-1-3-7-17/h4-5,10H,1-3,6-9H2. The van der Waals surface area contributed by atoms with Gasteiger partial charge in [0.15, 0.2) is 0 Å². The van der Waals surface area contributed by atoms with Crippen LogP contribution in [0, 0.1) is 0 Å². The molecule has 0 amide bonds. The van der Waals surface area contributed by atoms with Gasteiger partial charge in [-0.3, -0.25) is 4.90 Å². The number of carbonyl (C=O) groups is 1. The lowest BCUT2D eigenvalue weighted by Gasteiger charge is -2.25. The summed E-state index contributed by atoms with van der Waals surface area (Å²) >= 11 is 11.7. The van der Waals surface area contributed by atoms with Gasteiger partial charge in [-0.15, -0.1) is 0 Å². The van der Waals surface area contributed by atoms with E-state index in [1.54, 1.807) is 18.2 Å². The molecule has 0 aromatic heterocycles. The lowest BCUT2D eigenvalue weighted by Crippen LogP contribution is -2.33. The van der Waals surface area contributed by atoms with Crippen LogP contribution >= 0.6 is 23.2 Å². The van der Waals surface area contributed by atoms with Crippen molar-refractivity contribution in [3.8, 4) is 0 Å². The van der Waals surface area contributed by atoms with Crippen molar-refractivity contribution in [3.05, 3.63) is 33.8 Å². The molecule has 0 spiro atoms. The van der Waals surface area contributed by atoms with Crippen LogP contribution in [0.15, 0.2) is 18.2 Å². The second-order valence-electron chi connectivity index (χ2n) is 4.66. The summed E-state index contributed by atoms with van der Waals surface area (Å²) in [6.07, 6.45) is 3.77. The molecular weight excluding hydrogens is 285 g/mol. The molecule has 0 radical (unpaired) electrons. The molecule has 0 N–H and O–H groups in total. The van der Waals surface area contributed by atoms with Crippen molar-refractivity contribution < 1.29 is 9.53 Å². The highest BCUT2D eigenvalue weighted by Crippen LogP contribution is 2.21. The number of likely N-dealkylation sites (tertiary alicyclic amines) is 1. The Balaban J connectivity index is 1.80. The normalized spacial score (nSPS) is 16.3. The number of piperidine rings is 1. The van der Waals surface area contributed by atoms with Crippen molar-refractivity contribution >= 4 is 29.2 Å². The number of carbonyl (C=O) groups excluding carboxylic acids is 1. The molecule has 0 atom stereocenters. The minimum Gasteiger partial charge on any atom is -0.461 e. The van der Waals surface area contributed by atoms with Gasteiger partial charge in [0.05, 0.1) is 10.6 Å². The molecule has 1 aromatic rings. The van der Waals surface area contributed by atoms with Gasteiger partial charge >= 0.3 is 5.97 Å². The van der Waals surface area contributed by atoms with E-state index in [-0.39, 0.29) is 0 Å². The van der Waals surface area contributed by atoms with Crippen LogP contribution in [0.1, 0.15) is 29.6 Å². The van der Waals surface area contributed by atoms with E-state index in [0.717, 1.165) is 19.6 Å². The average Bonchev–Trinajstić information content (AvgIpc) is 2.39. The summed E-state index contributed by atoms with van der Waals surface area (Å²) in [5.74, 6) is -0.390. The van der Waals surface area contributed by atoms with E-state index in [4.69, 9.17) is 27.9 Å². The Bertz CT molecular complexity index is 445. The van der Waals surface area contributed by atoms with Crippen LogP contribution in [0.25, 0.3) is 0 Å². The molecule has 19 heavy (non-hydrogen) atoms. The fourth-order valence-corrected chi connectivity index (χ4v) is 2.67. The second kappa shape index (κ2) is 7.13. The highest BCUT2D eigenvalue weighted by Gasteiger charge is 2.14. The SMILES string of the molecule is O=C(OCCN1CCCCC1)c1ccc(Cl)cc1Cl. The first kappa shape index (κ1) is 14.6. The Morgan fingerprint density at radius 3 is 2.63 bits per heavy atom. The molecule has 1 heterocycles. The van der Waals surface area contributed by atoms with Crippen molar-refractivity contribution in [2.75, 3.05) is 26.2 Å². The minimum atomic E-state index is -0.390. The first-order valence-electron chi connectivity index (χ1n) is 6.51. The Morgan fingerprint density at radius 1 is 1.21 bits per heavy atom. The van der Waals surface area contributed by atoms with Gasteiger partial charge in [0.2, 0.25) is 0 Å². The van der Waals surface area contributed by atoms with Gasteiger partial charge in [-0.2, -0.15) is 0 Å². The molecule has 0 bridgehead atoms. The molecule has 3 nitrogen and oxygen atoms in total. The smallest absolute Gasteiger partial charge is 0.339 e. The predicted octanol–water partition coefficient (Wildman–Crippen LogP) is 3.64. The molecule has 1 aromatic carbocycles. The maximum atomic E-state index is 11.9. The zero-order valence-electron chi connectivity index (χ0n) is 10.7. The summed E-state index contributed by atoms with van der Waals surface area (Å²) < 4.78 is 5.24. The highest BCUT2D eigenvalue weighted by molar-refractivity contribution is 6.36. The van der Waals surface area contributed by atoms with Gasteiger partial charge in [0, 0.05) is 11.6 Å². The third-order valence-electron chi connectivity index (χ3n) is 3.24. The van der Waals surface area contributed by atoms with E-state index in [9.17, 15) is 4.79 Å². The van der Waals surface area contributed by atoms with Crippen molar-refractivity contribution in [1.82, 2.24) is 4.90 Å². The number of ether oxygens (including phenoxy) is 1. The van der Waals surface area contributed by atoms with Gasteiger partial charge in [-0.25, -0.2) is 4.79 Å². The number of benzene rings is 1. The number of hydrogen-bond donors (Lipinski definition) is 0. The van der Waals surface area contributed by atoms with Gasteiger partial charge in [-0.05, 0) is 44.1 Å². The molecule has 0 aliphatic carbocycles. The first-order chi connectivity index (χ1) is 9.16. The van der Waals surface area contributed by atoms with E-state index >= 15 is 0 Å². The fourth-order valence-electron chi connectivity index (χ4n) is 2.18. The third kappa shape index (κ3) is 4.37. The Hall–Kier alpha value is -0.770. The van der Waals surface area contributed by atoms with E-state index < -0.39 is 5.97 Å². The van der Waals surface area contributed by atoms with Crippen LogP contribution < -0.4 is 0 Å². The molecule has 5 heteroatoms. The lowest BCUT2D eigenvalue weighted by atomic mass is 10.1. The number of esters is 1. The quantitative estimate of drug-likeness (QED) is 0.795. The lowest BCUT2D eigenvalue weighted by molar-refractivity contribution is 0.0452. The summed E-state index contributed by atoms with van der Waals surface area (Å²) in [7, 11) is 0. The topological polar surface area (TPSA) is 29.5 Å². The maximum Gasteiger partial charge on any atom is 0.339 e. The summed E-state index contributed by atoms with van der Waals surface area (Å²) in [4.78, 5) is 14.2. The van der Waals surface area contributed by atoms with Crippen LogP contribution in [0.4, 0.5) is 0 Å². The molecule has 1 fully saturated rings. The van der Waals surface area contributed by atoms with Crippen LogP contribution in [0.5, 0.6) is 0 Å². The minimum absolute atomic E-state index is 0.329. The van der Waals surface area contributed by atoms with Crippen LogP contribution in [-0.4, -0.2) is 37.1 Å². The van der Waals surface area contributed by atoms with Crippen molar-refractivity contribution in [1.29, 1.82) is 0 Å². The second-order valence-corrected chi connectivity index (χ2v) is 5.51. The Labute approximate surface area is 123 Å². The summed E-state index contributed by atoms with van der Waals surface area (Å²) in [5, 5.41) is 0.838. The summed E-state index contributed by atoms with van der Waals surface area (Å²) in [5.41, 5.74) is 0.365. The zero-order valence-corrected chi connectivity index (χ0v) is 12.2. The van der Waals surface area contributed by atoms with Gasteiger partial charge in [-0.1, -0.05) is 29.6 Å². The van der Waals surface area contributed by atoms with Crippen molar-refractivity contribution in [2.45, 2.75) is 19.3 Å². The fraction of sp³-hybridized carbons (Fsp3) is 0.500. The van der Waals surface area contributed by atoms with E-state index in [1.807, 2.05) is 0 Å². The van der Waals surface area contributed by atoms with Crippen LogP contribution in [-0.2, 0) is 4.74 Å². The molecule has 1 aliphatic heterocycles. The molecule has 104 valence electrons. The molecule has 2 rings (SSSR count). The monoisotopic (exact) mass is 301 g/mol. The number of nitrogens with zero attached hydrogens (tertiary/aromatic N) is 1. The maximum absolute atomic E-state index is 11.9. The van der Waals surface area contributed by atoms with Crippen molar-refractivity contribution in [2.24, 2.45) is 0 Å². The molecular formula is C14H17Cl2NO2. The van der Waals surface area contributed by atoms with Crippen LogP contribution in [0.3, 0.4) is 0 Å². The van der Waals surface area contributed by atoms with Gasteiger partial charge in [0.25, 0.3) is 0 Å². The molecule has 1 aliphatic rings. The number of rotatable bonds is 4. The van der Waals surface area contributed by atoms with E-state index in [0.29, 0.717) is 22.2 Å². The van der Waals surface area contributed by atoms with Gasteiger partial charge in [0.1, 0.15) is 6.61 Å². The molecule has 0 unspecified atom stereocenters. The van der Waals surface area contributed by atoms with Crippen LogP contribution in [0.2, 0.25) is 10.0 Å². The highest BCUT2D eigenvalue weighted by atomic mass is 35.5. The summed E-state index contributed by atoms with van der Waals surface area (Å²) in [6, 6.07) is 4.77. The van der Waals surface area contributed by atoms with E-state index in [1.165, 1.54) is 19.3 Å². The largest absolute Gasteiger partial charge is 0.461 e. The molecule has 0 saturated carbocycles. The first-order valence-corrected chi connectivity index (χ1v) is 7.27. The Kier molecular flexibility index (Phi) is 5.49. The Morgan fingerprint density at radius 2 is 1.95 bits per heavy atom. The van der Waals surface area contributed by atoms with E-state index in [2.05, 4.69) is 4.90 Å².